The number of aromatic nitrogens is 2. The molecule has 0 saturated carbocycles. The van der Waals surface area contributed by atoms with E-state index >= 15 is 0 Å². The van der Waals surface area contributed by atoms with Crippen LogP contribution in [0.2, 0.25) is 0 Å². The van der Waals surface area contributed by atoms with E-state index in [1.165, 1.54) is 12.3 Å². The average molecular weight is 260 g/mol. The molecule has 0 radical (unpaired) electrons. The third-order valence-electron chi connectivity index (χ3n) is 3.33. The molecule has 1 heterocycles. The molecule has 0 aliphatic rings. The summed E-state index contributed by atoms with van der Waals surface area (Å²) in [7, 11) is -3.50. The molecule has 0 unspecified atom stereocenters. The largest absolute Gasteiger partial charge is 0.330 e. The van der Waals surface area contributed by atoms with E-state index in [1.807, 2.05) is 13.8 Å². The second kappa shape index (κ2) is 5.61. The SMILES string of the molecule is CCC(CC)(CN)CNS(=O)(=O)c1ccn[nH]1. The molecule has 0 bridgehead atoms. The number of nitrogens with two attached hydrogens (primary N) is 1. The molecule has 17 heavy (non-hydrogen) atoms. The van der Waals surface area contributed by atoms with E-state index < -0.39 is 10.0 Å². The number of hydrogen-bond donors (Lipinski definition) is 3. The zero-order valence-electron chi connectivity index (χ0n) is 10.2. The average Bonchev–Trinajstić information content (AvgIpc) is 2.86. The Morgan fingerprint density at radius 1 is 1.47 bits per heavy atom. The van der Waals surface area contributed by atoms with Crippen LogP contribution in [-0.4, -0.2) is 31.7 Å². The Morgan fingerprint density at radius 2 is 2.12 bits per heavy atom. The number of H-pyrrole nitrogens is 1. The van der Waals surface area contributed by atoms with Crippen LogP contribution in [0.25, 0.3) is 0 Å². The van der Waals surface area contributed by atoms with Gasteiger partial charge in [-0.05, 0) is 30.9 Å². The second-order valence-corrected chi connectivity index (χ2v) is 5.89. The highest BCUT2D eigenvalue weighted by Gasteiger charge is 2.27. The van der Waals surface area contributed by atoms with E-state index in [0.717, 1.165) is 12.8 Å². The monoisotopic (exact) mass is 260 g/mol. The molecule has 0 aromatic carbocycles. The van der Waals surface area contributed by atoms with Crippen LogP contribution in [0, 0.1) is 5.41 Å². The Bertz CT molecular complexity index is 415. The standard InChI is InChI=1S/C10H20N4O2S/c1-3-10(4-2,7-11)8-13-17(15,16)9-5-6-12-14-9/h5-6,13H,3-4,7-8,11H2,1-2H3,(H,12,14). The van der Waals surface area contributed by atoms with E-state index in [-0.39, 0.29) is 10.4 Å². The smallest absolute Gasteiger partial charge is 0.257 e. The molecule has 1 aromatic heterocycles. The molecule has 0 fully saturated rings. The van der Waals surface area contributed by atoms with E-state index in [2.05, 4.69) is 14.9 Å². The molecule has 0 saturated heterocycles. The second-order valence-electron chi connectivity index (χ2n) is 4.16. The number of aromatic amines is 1. The van der Waals surface area contributed by atoms with Crippen molar-refractivity contribution in [1.82, 2.24) is 14.9 Å². The lowest BCUT2D eigenvalue weighted by Crippen LogP contribution is -2.41. The van der Waals surface area contributed by atoms with Crippen LogP contribution >= 0.6 is 0 Å². The van der Waals surface area contributed by atoms with Crippen LogP contribution in [-0.2, 0) is 10.0 Å². The molecule has 0 aliphatic carbocycles. The van der Waals surface area contributed by atoms with E-state index in [4.69, 9.17) is 5.73 Å². The Hall–Kier alpha value is -0.920. The van der Waals surface area contributed by atoms with Crippen molar-refractivity contribution in [3.05, 3.63) is 12.3 Å². The summed E-state index contributed by atoms with van der Waals surface area (Å²) in [5.41, 5.74) is 5.55. The zero-order valence-corrected chi connectivity index (χ0v) is 11.0. The minimum absolute atomic E-state index is 0.0793. The minimum Gasteiger partial charge on any atom is -0.330 e. The fourth-order valence-corrected chi connectivity index (χ4v) is 2.64. The summed E-state index contributed by atoms with van der Waals surface area (Å²) < 4.78 is 26.3. The maximum Gasteiger partial charge on any atom is 0.257 e. The van der Waals surface area contributed by atoms with E-state index in [9.17, 15) is 8.42 Å². The third-order valence-corrected chi connectivity index (χ3v) is 4.67. The van der Waals surface area contributed by atoms with Crippen molar-refractivity contribution in [2.45, 2.75) is 31.7 Å². The quantitative estimate of drug-likeness (QED) is 0.662. The Morgan fingerprint density at radius 3 is 2.53 bits per heavy atom. The van der Waals surface area contributed by atoms with Crippen molar-refractivity contribution in [1.29, 1.82) is 0 Å². The van der Waals surface area contributed by atoms with Crippen molar-refractivity contribution < 1.29 is 8.42 Å². The van der Waals surface area contributed by atoms with Gasteiger partial charge in [-0.2, -0.15) is 5.10 Å². The summed E-state index contributed by atoms with van der Waals surface area (Å²) in [5, 5.41) is 6.14. The first-order valence-electron chi connectivity index (χ1n) is 5.69. The Labute approximate surface area is 102 Å². The highest BCUT2D eigenvalue weighted by Crippen LogP contribution is 2.24. The van der Waals surface area contributed by atoms with Gasteiger partial charge in [0.2, 0.25) is 0 Å². The van der Waals surface area contributed by atoms with Crippen molar-refractivity contribution in [3.63, 3.8) is 0 Å². The molecule has 0 atom stereocenters. The predicted octanol–water partition coefficient (Wildman–Crippen LogP) is 0.453. The van der Waals surface area contributed by atoms with Gasteiger partial charge < -0.3 is 5.73 Å². The number of sulfonamides is 1. The van der Waals surface area contributed by atoms with Gasteiger partial charge >= 0.3 is 0 Å². The van der Waals surface area contributed by atoms with Gasteiger partial charge in [-0.1, -0.05) is 13.8 Å². The molecule has 6 nitrogen and oxygen atoms in total. The Kier molecular flexibility index (Phi) is 4.67. The highest BCUT2D eigenvalue weighted by atomic mass is 32.2. The molecule has 1 rings (SSSR count). The number of rotatable bonds is 7. The summed E-state index contributed by atoms with van der Waals surface area (Å²) in [6, 6.07) is 1.42. The molecule has 0 aliphatic heterocycles. The van der Waals surface area contributed by atoms with Gasteiger partial charge in [0.25, 0.3) is 10.0 Å². The van der Waals surface area contributed by atoms with Gasteiger partial charge in [0.1, 0.15) is 0 Å². The molecule has 0 spiro atoms. The fourth-order valence-electron chi connectivity index (χ4n) is 1.58. The lowest BCUT2D eigenvalue weighted by molar-refractivity contribution is 0.275. The lowest BCUT2D eigenvalue weighted by atomic mass is 9.83. The first kappa shape index (κ1) is 14.1. The summed E-state index contributed by atoms with van der Waals surface area (Å²) in [5.74, 6) is 0. The third kappa shape index (κ3) is 3.27. The van der Waals surface area contributed by atoms with E-state index in [1.54, 1.807) is 0 Å². The first-order chi connectivity index (χ1) is 7.99. The maximum absolute atomic E-state index is 11.9. The summed E-state index contributed by atoms with van der Waals surface area (Å²) in [6.45, 7) is 4.84. The van der Waals surface area contributed by atoms with Gasteiger partial charge in [-0.15, -0.1) is 0 Å². The molecular formula is C10H20N4O2S. The zero-order chi connectivity index (χ0) is 12.9. The topological polar surface area (TPSA) is 101 Å². The summed E-state index contributed by atoms with van der Waals surface area (Å²) in [6.07, 6.45) is 3.08. The molecule has 0 amide bonds. The van der Waals surface area contributed by atoms with Crippen LogP contribution in [0.15, 0.2) is 17.3 Å². The van der Waals surface area contributed by atoms with Crippen molar-refractivity contribution in [2.75, 3.05) is 13.1 Å². The number of nitrogens with one attached hydrogen (secondary N) is 2. The molecule has 7 heteroatoms. The molecule has 1 aromatic rings. The maximum atomic E-state index is 11.9. The molecular weight excluding hydrogens is 240 g/mol. The fraction of sp³-hybridized carbons (Fsp3) is 0.700. The van der Waals surface area contributed by atoms with Crippen LogP contribution in [0.4, 0.5) is 0 Å². The van der Waals surface area contributed by atoms with Crippen molar-refractivity contribution >= 4 is 10.0 Å². The molecule has 98 valence electrons. The van der Waals surface area contributed by atoms with Gasteiger partial charge in [0, 0.05) is 6.54 Å². The predicted molar refractivity (Wildman–Crippen MR) is 65.8 cm³/mol. The van der Waals surface area contributed by atoms with Gasteiger partial charge in [-0.25, -0.2) is 13.1 Å². The number of hydrogen-bond acceptors (Lipinski definition) is 4. The van der Waals surface area contributed by atoms with Gasteiger partial charge in [0.15, 0.2) is 5.03 Å². The van der Waals surface area contributed by atoms with Gasteiger partial charge in [0.05, 0.1) is 6.20 Å². The van der Waals surface area contributed by atoms with Crippen LogP contribution in [0.5, 0.6) is 0 Å². The lowest BCUT2D eigenvalue weighted by Gasteiger charge is -2.29. The first-order valence-corrected chi connectivity index (χ1v) is 7.17. The summed E-state index contributed by atoms with van der Waals surface area (Å²) >= 11 is 0. The number of nitrogens with zero attached hydrogens (tertiary/aromatic N) is 1. The Balaban J connectivity index is 2.73. The summed E-state index contributed by atoms with van der Waals surface area (Å²) in [4.78, 5) is 0. The van der Waals surface area contributed by atoms with Crippen LogP contribution < -0.4 is 10.5 Å². The molecule has 4 N–H and O–H groups in total. The van der Waals surface area contributed by atoms with Crippen molar-refractivity contribution in [3.8, 4) is 0 Å². The minimum atomic E-state index is -3.50. The van der Waals surface area contributed by atoms with Crippen LogP contribution in [0.1, 0.15) is 26.7 Å². The van der Waals surface area contributed by atoms with Gasteiger partial charge in [-0.3, -0.25) is 5.10 Å². The van der Waals surface area contributed by atoms with E-state index in [0.29, 0.717) is 13.1 Å². The van der Waals surface area contributed by atoms with Crippen LogP contribution in [0.3, 0.4) is 0 Å². The highest BCUT2D eigenvalue weighted by molar-refractivity contribution is 7.89. The van der Waals surface area contributed by atoms with Crippen molar-refractivity contribution in [2.24, 2.45) is 11.1 Å². The normalized spacial score (nSPS) is 12.9.